The van der Waals surface area contributed by atoms with E-state index < -0.39 is 15.9 Å². The number of carbonyl (C=O) groups excluding carboxylic acids is 1. The van der Waals surface area contributed by atoms with Crippen LogP contribution >= 0.6 is 11.6 Å². The summed E-state index contributed by atoms with van der Waals surface area (Å²) >= 11 is 5.96. The van der Waals surface area contributed by atoms with Gasteiger partial charge in [-0.2, -0.15) is 0 Å². The molecule has 1 aromatic rings. The van der Waals surface area contributed by atoms with E-state index in [1.54, 1.807) is 12.1 Å². The van der Waals surface area contributed by atoms with Crippen LogP contribution in [0.15, 0.2) is 18.2 Å². The minimum atomic E-state index is -3.57. The third kappa shape index (κ3) is 3.62. The molecule has 0 spiro atoms. The van der Waals surface area contributed by atoms with Crippen LogP contribution in [-0.4, -0.2) is 27.4 Å². The van der Waals surface area contributed by atoms with Crippen LogP contribution in [0.25, 0.3) is 6.08 Å². The average molecular weight is 304 g/mol. The van der Waals surface area contributed by atoms with Gasteiger partial charge in [0.05, 0.1) is 11.3 Å². The maximum atomic E-state index is 11.3. The molecule has 0 fully saturated rings. The van der Waals surface area contributed by atoms with Crippen molar-refractivity contribution >= 4 is 33.6 Å². The molecule has 1 aliphatic rings. The molecular formula is C11H10ClNO5S. The van der Waals surface area contributed by atoms with Crippen molar-refractivity contribution in [2.45, 2.75) is 0 Å². The van der Waals surface area contributed by atoms with E-state index in [-0.39, 0.29) is 6.79 Å². The molecule has 2 rings (SSSR count). The fourth-order valence-electron chi connectivity index (χ4n) is 1.47. The number of amides is 1. The minimum Gasteiger partial charge on any atom is -0.454 e. The van der Waals surface area contributed by atoms with Crippen molar-refractivity contribution in [2.75, 3.05) is 13.0 Å². The second-order valence-corrected chi connectivity index (χ2v) is 5.96. The first-order chi connectivity index (χ1) is 8.85. The van der Waals surface area contributed by atoms with Crippen LogP contribution in [0, 0.1) is 0 Å². The molecule has 0 saturated carbocycles. The maximum absolute atomic E-state index is 11.3. The SMILES string of the molecule is CS(=O)(=O)NC(=O)/C=C/c1cc(Cl)c2c(c1)OCO2. The second-order valence-electron chi connectivity index (χ2n) is 3.81. The number of rotatable bonds is 3. The lowest BCUT2D eigenvalue weighted by Crippen LogP contribution is -2.27. The van der Waals surface area contributed by atoms with Crippen molar-refractivity contribution in [3.05, 3.63) is 28.8 Å². The highest BCUT2D eigenvalue weighted by atomic mass is 35.5. The Balaban J connectivity index is 2.16. The third-order valence-electron chi connectivity index (χ3n) is 2.16. The lowest BCUT2D eigenvalue weighted by Gasteiger charge is -2.01. The summed E-state index contributed by atoms with van der Waals surface area (Å²) < 4.78 is 33.8. The summed E-state index contributed by atoms with van der Waals surface area (Å²) in [6, 6.07) is 3.22. The van der Waals surface area contributed by atoms with Gasteiger partial charge in [0.1, 0.15) is 0 Å². The molecule has 1 aliphatic heterocycles. The number of benzene rings is 1. The quantitative estimate of drug-likeness (QED) is 0.847. The molecule has 1 heterocycles. The van der Waals surface area contributed by atoms with Crippen LogP contribution in [0.5, 0.6) is 11.5 Å². The fraction of sp³-hybridized carbons (Fsp3) is 0.182. The van der Waals surface area contributed by atoms with Gasteiger partial charge in [-0.3, -0.25) is 4.79 Å². The molecule has 8 heteroatoms. The summed E-state index contributed by atoms with van der Waals surface area (Å²) in [6.45, 7) is 0.0940. The summed E-state index contributed by atoms with van der Waals surface area (Å²) in [7, 11) is -3.57. The molecular weight excluding hydrogens is 294 g/mol. The highest BCUT2D eigenvalue weighted by molar-refractivity contribution is 7.89. The van der Waals surface area contributed by atoms with Gasteiger partial charge in [-0.05, 0) is 23.8 Å². The minimum absolute atomic E-state index is 0.0940. The maximum Gasteiger partial charge on any atom is 0.257 e. The second kappa shape index (κ2) is 5.10. The zero-order valence-corrected chi connectivity index (χ0v) is 11.4. The first-order valence-electron chi connectivity index (χ1n) is 5.14. The van der Waals surface area contributed by atoms with E-state index in [2.05, 4.69) is 0 Å². The highest BCUT2D eigenvalue weighted by Crippen LogP contribution is 2.39. The van der Waals surface area contributed by atoms with Crippen molar-refractivity contribution in [1.29, 1.82) is 0 Å². The van der Waals surface area contributed by atoms with E-state index in [4.69, 9.17) is 21.1 Å². The molecule has 1 N–H and O–H groups in total. The molecule has 6 nitrogen and oxygen atoms in total. The lowest BCUT2D eigenvalue weighted by molar-refractivity contribution is -0.114. The number of carbonyl (C=O) groups is 1. The van der Waals surface area contributed by atoms with Crippen LogP contribution in [-0.2, 0) is 14.8 Å². The Bertz CT molecular complexity index is 653. The Morgan fingerprint density at radius 2 is 2.16 bits per heavy atom. The lowest BCUT2D eigenvalue weighted by atomic mass is 10.2. The van der Waals surface area contributed by atoms with Crippen LogP contribution in [0.3, 0.4) is 0 Å². The third-order valence-corrected chi connectivity index (χ3v) is 3.02. The van der Waals surface area contributed by atoms with Gasteiger partial charge in [0, 0.05) is 6.08 Å². The van der Waals surface area contributed by atoms with E-state index >= 15 is 0 Å². The van der Waals surface area contributed by atoms with Crippen molar-refractivity contribution < 1.29 is 22.7 Å². The standard InChI is InChI=1S/C11H10ClNO5S/c1-19(15,16)13-10(14)3-2-7-4-8(12)11-9(5-7)17-6-18-11/h2-5H,6H2,1H3,(H,13,14)/b3-2+. The number of halogens is 1. The zero-order valence-electron chi connectivity index (χ0n) is 9.84. The van der Waals surface area contributed by atoms with E-state index in [0.717, 1.165) is 12.3 Å². The van der Waals surface area contributed by atoms with E-state index in [0.29, 0.717) is 22.1 Å². The molecule has 1 amide bonds. The van der Waals surface area contributed by atoms with Crippen molar-refractivity contribution in [1.82, 2.24) is 4.72 Å². The molecule has 0 radical (unpaired) electrons. The first kappa shape index (κ1) is 13.7. The summed E-state index contributed by atoms with van der Waals surface area (Å²) in [5, 5.41) is 0.359. The largest absolute Gasteiger partial charge is 0.454 e. The fourth-order valence-corrected chi connectivity index (χ4v) is 2.18. The van der Waals surface area contributed by atoms with Gasteiger partial charge in [0.2, 0.25) is 16.8 Å². The Morgan fingerprint density at radius 1 is 1.42 bits per heavy atom. The van der Waals surface area contributed by atoms with Gasteiger partial charge in [0.15, 0.2) is 11.5 Å². The zero-order chi connectivity index (χ0) is 14.0. The van der Waals surface area contributed by atoms with Crippen LogP contribution in [0.2, 0.25) is 5.02 Å². The summed E-state index contributed by atoms with van der Waals surface area (Å²) in [4.78, 5) is 11.3. The van der Waals surface area contributed by atoms with Gasteiger partial charge in [-0.15, -0.1) is 0 Å². The molecule has 0 atom stereocenters. The molecule has 19 heavy (non-hydrogen) atoms. The first-order valence-corrected chi connectivity index (χ1v) is 7.41. The van der Waals surface area contributed by atoms with Crippen molar-refractivity contribution in [3.8, 4) is 11.5 Å². The van der Waals surface area contributed by atoms with E-state index in [1.165, 1.54) is 6.08 Å². The Kier molecular flexibility index (Phi) is 3.68. The molecule has 0 saturated heterocycles. The van der Waals surface area contributed by atoms with Gasteiger partial charge < -0.3 is 9.47 Å². The molecule has 0 unspecified atom stereocenters. The van der Waals surface area contributed by atoms with Crippen LogP contribution < -0.4 is 14.2 Å². The highest BCUT2D eigenvalue weighted by Gasteiger charge is 2.17. The Labute approximate surface area is 115 Å². The van der Waals surface area contributed by atoms with Gasteiger partial charge >= 0.3 is 0 Å². The average Bonchev–Trinajstić information content (AvgIpc) is 2.72. The molecule has 0 aromatic heterocycles. The number of ether oxygens (including phenoxy) is 2. The monoisotopic (exact) mass is 303 g/mol. The summed E-state index contributed by atoms with van der Waals surface area (Å²) in [5.41, 5.74) is 0.595. The summed E-state index contributed by atoms with van der Waals surface area (Å²) in [6.07, 6.45) is 3.42. The number of hydrogen-bond acceptors (Lipinski definition) is 5. The molecule has 1 aromatic carbocycles. The number of hydrogen-bond donors (Lipinski definition) is 1. The van der Waals surface area contributed by atoms with Gasteiger partial charge in [0.25, 0.3) is 5.91 Å². The van der Waals surface area contributed by atoms with E-state index in [1.807, 2.05) is 4.72 Å². The number of fused-ring (bicyclic) bond motifs is 1. The molecule has 102 valence electrons. The normalized spacial score (nSPS) is 13.8. The van der Waals surface area contributed by atoms with Crippen molar-refractivity contribution in [3.63, 3.8) is 0 Å². The number of nitrogens with one attached hydrogen (secondary N) is 1. The van der Waals surface area contributed by atoms with E-state index in [9.17, 15) is 13.2 Å². The van der Waals surface area contributed by atoms with Gasteiger partial charge in [-0.25, -0.2) is 13.1 Å². The topological polar surface area (TPSA) is 81.7 Å². The predicted molar refractivity (Wildman–Crippen MR) is 69.6 cm³/mol. The molecule has 0 bridgehead atoms. The summed E-state index contributed by atoms with van der Waals surface area (Å²) in [5.74, 6) is 0.200. The smallest absolute Gasteiger partial charge is 0.257 e. The van der Waals surface area contributed by atoms with Gasteiger partial charge in [-0.1, -0.05) is 11.6 Å². The van der Waals surface area contributed by atoms with Crippen LogP contribution in [0.4, 0.5) is 0 Å². The van der Waals surface area contributed by atoms with Crippen molar-refractivity contribution in [2.24, 2.45) is 0 Å². The molecule has 0 aliphatic carbocycles. The van der Waals surface area contributed by atoms with Crippen LogP contribution in [0.1, 0.15) is 5.56 Å². The Hall–Kier alpha value is -1.73. The number of sulfonamides is 1. The predicted octanol–water partition coefficient (Wildman–Crippen LogP) is 1.16. The Morgan fingerprint density at radius 3 is 2.84 bits per heavy atom.